The summed E-state index contributed by atoms with van der Waals surface area (Å²) >= 11 is 0. The van der Waals surface area contributed by atoms with E-state index in [2.05, 4.69) is 10.3 Å². The van der Waals surface area contributed by atoms with Crippen molar-refractivity contribution in [3.8, 4) is 0 Å². The summed E-state index contributed by atoms with van der Waals surface area (Å²) in [5, 5.41) is 3.46. The van der Waals surface area contributed by atoms with Crippen LogP contribution in [0.3, 0.4) is 0 Å². The molecule has 7 nitrogen and oxygen atoms in total. The molecule has 1 aromatic heterocycles. The van der Waals surface area contributed by atoms with Gasteiger partial charge in [-0.15, -0.1) is 0 Å². The Morgan fingerprint density at radius 2 is 1.58 bits per heavy atom. The van der Waals surface area contributed by atoms with Gasteiger partial charge in [-0.2, -0.15) is 13.2 Å². The van der Waals surface area contributed by atoms with Gasteiger partial charge in [-0.05, 0) is 48.1 Å². The molecule has 1 N–H and O–H groups in total. The van der Waals surface area contributed by atoms with E-state index in [9.17, 15) is 27.6 Å². The van der Waals surface area contributed by atoms with Crippen molar-refractivity contribution in [2.75, 3.05) is 6.54 Å². The van der Waals surface area contributed by atoms with E-state index < -0.39 is 30.2 Å². The SMILES string of the molecule is CC(=O)N[C@@H](Cc1ccccc1)C(=O)N1CC[C@H](N(Cc2ccnc3ccccc23)C(=O)C(F)(F)F)C[C@H]1Cc1ccccc1. The van der Waals surface area contributed by atoms with E-state index in [1.54, 1.807) is 35.2 Å². The van der Waals surface area contributed by atoms with Crippen molar-refractivity contribution in [1.82, 2.24) is 20.1 Å². The van der Waals surface area contributed by atoms with Crippen LogP contribution in [0.2, 0.25) is 0 Å². The van der Waals surface area contributed by atoms with Crippen LogP contribution >= 0.6 is 0 Å². The first-order chi connectivity index (χ1) is 21.6. The summed E-state index contributed by atoms with van der Waals surface area (Å²) in [5.41, 5.74) is 2.96. The average molecular weight is 617 g/mol. The number of likely N-dealkylation sites (tertiary alicyclic amines) is 1. The largest absolute Gasteiger partial charge is 0.471 e. The van der Waals surface area contributed by atoms with Gasteiger partial charge >= 0.3 is 12.1 Å². The van der Waals surface area contributed by atoms with Crippen LogP contribution in [-0.4, -0.2) is 63.4 Å². The zero-order chi connectivity index (χ0) is 32.0. The fourth-order valence-corrected chi connectivity index (χ4v) is 6.18. The molecule has 1 fully saturated rings. The zero-order valence-corrected chi connectivity index (χ0v) is 24.9. The maximum Gasteiger partial charge on any atom is 0.471 e. The molecule has 3 amide bonds. The highest BCUT2D eigenvalue weighted by Crippen LogP contribution is 2.31. The zero-order valence-electron chi connectivity index (χ0n) is 24.9. The van der Waals surface area contributed by atoms with Crippen LogP contribution in [0.25, 0.3) is 10.9 Å². The number of halogens is 3. The number of piperidine rings is 1. The van der Waals surface area contributed by atoms with Gasteiger partial charge in [0.2, 0.25) is 11.8 Å². The fraction of sp³-hybridized carbons (Fsp3) is 0.314. The van der Waals surface area contributed by atoms with E-state index in [-0.39, 0.29) is 44.2 Å². The second-order valence-electron chi connectivity index (χ2n) is 11.4. The molecule has 3 atom stereocenters. The van der Waals surface area contributed by atoms with Gasteiger partial charge in [0.15, 0.2) is 0 Å². The van der Waals surface area contributed by atoms with Crippen LogP contribution in [-0.2, 0) is 33.8 Å². The summed E-state index contributed by atoms with van der Waals surface area (Å²) in [6, 6.07) is 25.4. The van der Waals surface area contributed by atoms with Gasteiger partial charge < -0.3 is 15.1 Å². The summed E-state index contributed by atoms with van der Waals surface area (Å²) in [5.74, 6) is -2.57. The molecule has 0 aliphatic carbocycles. The molecule has 45 heavy (non-hydrogen) atoms. The van der Waals surface area contributed by atoms with E-state index in [0.29, 0.717) is 22.9 Å². The van der Waals surface area contributed by atoms with Crippen molar-refractivity contribution in [2.24, 2.45) is 0 Å². The lowest BCUT2D eigenvalue weighted by molar-refractivity contribution is -0.190. The van der Waals surface area contributed by atoms with Crippen LogP contribution in [0.4, 0.5) is 13.2 Å². The number of alkyl halides is 3. The fourth-order valence-electron chi connectivity index (χ4n) is 6.18. The molecule has 10 heteroatoms. The van der Waals surface area contributed by atoms with E-state index in [1.165, 1.54) is 13.1 Å². The molecule has 1 aliphatic rings. The number of amides is 3. The van der Waals surface area contributed by atoms with Gasteiger partial charge in [-0.25, -0.2) is 0 Å². The Bertz CT molecular complexity index is 1630. The number of nitrogens with zero attached hydrogens (tertiary/aromatic N) is 3. The maximum absolute atomic E-state index is 14.1. The number of nitrogens with one attached hydrogen (secondary N) is 1. The molecular formula is C35H35F3N4O3. The Hall–Kier alpha value is -4.73. The number of pyridine rings is 1. The number of fused-ring (bicyclic) bond motifs is 1. The van der Waals surface area contributed by atoms with Gasteiger partial charge in [-0.3, -0.25) is 19.4 Å². The highest BCUT2D eigenvalue weighted by Gasteiger charge is 2.47. The third kappa shape index (κ3) is 7.87. The van der Waals surface area contributed by atoms with E-state index in [0.717, 1.165) is 16.0 Å². The lowest BCUT2D eigenvalue weighted by Crippen LogP contribution is -2.59. The second kappa shape index (κ2) is 13.9. The Labute approximate surface area is 260 Å². The smallest absolute Gasteiger partial charge is 0.344 e. The number of rotatable bonds is 9. The number of hydrogen-bond acceptors (Lipinski definition) is 4. The predicted octanol–water partition coefficient (Wildman–Crippen LogP) is 5.48. The standard InChI is InChI=1S/C35H35F3N4O3/c1-24(43)40-32(21-26-12-6-3-7-13-26)33(44)41-19-17-28(22-29(41)20-25-10-4-2-5-11-25)42(34(45)35(36,37)38)23-27-16-18-39-31-15-9-8-14-30(27)31/h2-16,18,28-29,32H,17,19-23H2,1H3,(H,40,43)/t28-,29+,32-/m0/s1. The number of para-hydroxylation sites is 1. The number of aromatic nitrogens is 1. The molecule has 1 saturated heterocycles. The monoisotopic (exact) mass is 616 g/mol. The van der Waals surface area contributed by atoms with Crippen molar-refractivity contribution >= 4 is 28.6 Å². The van der Waals surface area contributed by atoms with Crippen molar-refractivity contribution in [1.29, 1.82) is 0 Å². The molecule has 0 saturated carbocycles. The van der Waals surface area contributed by atoms with Crippen molar-refractivity contribution < 1.29 is 27.6 Å². The van der Waals surface area contributed by atoms with Gasteiger partial charge in [-0.1, -0.05) is 78.9 Å². The second-order valence-corrected chi connectivity index (χ2v) is 11.4. The van der Waals surface area contributed by atoms with Crippen LogP contribution in [0.15, 0.2) is 97.2 Å². The Morgan fingerprint density at radius 3 is 2.24 bits per heavy atom. The van der Waals surface area contributed by atoms with E-state index in [1.807, 2.05) is 60.7 Å². The van der Waals surface area contributed by atoms with Gasteiger partial charge in [0.05, 0.1) is 5.52 Å². The third-order valence-electron chi connectivity index (χ3n) is 8.27. The first-order valence-electron chi connectivity index (χ1n) is 15.0. The van der Waals surface area contributed by atoms with E-state index in [4.69, 9.17) is 0 Å². The molecule has 0 spiro atoms. The molecule has 3 aromatic carbocycles. The molecule has 1 aliphatic heterocycles. The molecular weight excluding hydrogens is 581 g/mol. The van der Waals surface area contributed by atoms with Crippen LogP contribution in [0.5, 0.6) is 0 Å². The van der Waals surface area contributed by atoms with E-state index >= 15 is 0 Å². The lowest BCUT2D eigenvalue weighted by Gasteiger charge is -2.45. The van der Waals surface area contributed by atoms with Gasteiger partial charge in [0.25, 0.3) is 0 Å². The maximum atomic E-state index is 14.1. The predicted molar refractivity (Wildman–Crippen MR) is 165 cm³/mol. The first kappa shape index (κ1) is 31.7. The summed E-state index contributed by atoms with van der Waals surface area (Å²) < 4.78 is 42.1. The van der Waals surface area contributed by atoms with Crippen molar-refractivity contribution in [2.45, 2.75) is 63.5 Å². The van der Waals surface area contributed by atoms with Crippen LogP contribution < -0.4 is 5.32 Å². The van der Waals surface area contributed by atoms with Crippen LogP contribution in [0, 0.1) is 0 Å². The van der Waals surface area contributed by atoms with Gasteiger partial charge in [0.1, 0.15) is 6.04 Å². The summed E-state index contributed by atoms with van der Waals surface area (Å²) in [6.07, 6.45) is -2.60. The minimum absolute atomic E-state index is 0.130. The van der Waals surface area contributed by atoms with Gasteiger partial charge in [0, 0.05) is 50.1 Å². The highest BCUT2D eigenvalue weighted by atomic mass is 19.4. The highest BCUT2D eigenvalue weighted by molar-refractivity contribution is 5.88. The number of carbonyl (C=O) groups excluding carboxylic acids is 3. The van der Waals surface area contributed by atoms with Crippen molar-refractivity contribution in [3.05, 3.63) is 114 Å². The molecule has 234 valence electrons. The van der Waals surface area contributed by atoms with Crippen molar-refractivity contribution in [3.63, 3.8) is 0 Å². The summed E-state index contributed by atoms with van der Waals surface area (Å²) in [7, 11) is 0. The Morgan fingerprint density at radius 1 is 0.933 bits per heavy atom. The molecule has 0 unspecified atom stereocenters. The lowest BCUT2D eigenvalue weighted by atomic mass is 9.89. The number of hydrogen-bond donors (Lipinski definition) is 1. The Balaban J connectivity index is 1.46. The topological polar surface area (TPSA) is 82.6 Å². The Kier molecular flexibility index (Phi) is 9.80. The summed E-state index contributed by atoms with van der Waals surface area (Å²) in [6.45, 7) is 1.23. The van der Waals surface area contributed by atoms with Crippen LogP contribution in [0.1, 0.15) is 36.5 Å². The minimum atomic E-state index is -5.07. The number of carbonyl (C=O) groups is 3. The molecule has 0 radical (unpaired) electrons. The minimum Gasteiger partial charge on any atom is -0.344 e. The molecule has 0 bridgehead atoms. The molecule has 5 rings (SSSR count). The quantitative estimate of drug-likeness (QED) is 0.270. The molecule has 2 heterocycles. The third-order valence-corrected chi connectivity index (χ3v) is 8.27. The molecule has 4 aromatic rings. The summed E-state index contributed by atoms with van der Waals surface area (Å²) in [4.78, 5) is 46.1. The first-order valence-corrected chi connectivity index (χ1v) is 15.0. The average Bonchev–Trinajstić information content (AvgIpc) is 3.03. The normalized spacial score (nSPS) is 17.5. The number of benzene rings is 3.